The minimum atomic E-state index is -0.304. The van der Waals surface area contributed by atoms with Gasteiger partial charge in [-0.3, -0.25) is 4.79 Å². The number of benzene rings is 1. The van der Waals surface area contributed by atoms with Crippen molar-refractivity contribution in [2.24, 2.45) is 0 Å². The third kappa shape index (κ3) is 3.25. The van der Waals surface area contributed by atoms with Crippen molar-refractivity contribution >= 4 is 17.4 Å². The number of carbonyl (C=O) groups is 1. The summed E-state index contributed by atoms with van der Waals surface area (Å²) in [5.74, 6) is 0.567. The number of halogens is 1. The Balaban J connectivity index is 1.84. The van der Waals surface area contributed by atoms with Crippen LogP contribution in [0.4, 0.5) is 15.9 Å². The molecule has 2 heterocycles. The van der Waals surface area contributed by atoms with Crippen molar-refractivity contribution in [3.05, 3.63) is 53.5 Å². The summed E-state index contributed by atoms with van der Waals surface area (Å²) in [6.45, 7) is 4.83. The van der Waals surface area contributed by atoms with Crippen LogP contribution in [-0.2, 0) is 4.79 Å². The van der Waals surface area contributed by atoms with Crippen LogP contribution in [0, 0.1) is 19.7 Å². The van der Waals surface area contributed by atoms with Crippen molar-refractivity contribution < 1.29 is 9.18 Å². The molecule has 5 heteroatoms. The van der Waals surface area contributed by atoms with Gasteiger partial charge in [-0.1, -0.05) is 0 Å². The van der Waals surface area contributed by atoms with Crippen LogP contribution in [0.15, 0.2) is 36.4 Å². The zero-order chi connectivity index (χ0) is 17.3. The molecule has 1 amide bonds. The fourth-order valence-electron chi connectivity index (χ4n) is 3.28. The highest BCUT2D eigenvalue weighted by atomic mass is 19.1. The first-order valence-electron chi connectivity index (χ1n) is 8.21. The van der Waals surface area contributed by atoms with Gasteiger partial charge in [0, 0.05) is 25.0 Å². The first kappa shape index (κ1) is 16.4. The minimum Gasteiger partial charge on any atom is -0.345 e. The molecule has 0 unspecified atom stereocenters. The molecule has 0 aliphatic carbocycles. The van der Waals surface area contributed by atoms with E-state index in [1.54, 1.807) is 24.1 Å². The van der Waals surface area contributed by atoms with Crippen molar-refractivity contribution in [3.8, 4) is 0 Å². The molecule has 0 N–H and O–H groups in total. The quantitative estimate of drug-likeness (QED) is 0.866. The number of anilines is 2. The number of pyridine rings is 1. The molecule has 1 saturated heterocycles. The molecule has 3 rings (SSSR count). The molecule has 1 aliphatic rings. The molecule has 24 heavy (non-hydrogen) atoms. The summed E-state index contributed by atoms with van der Waals surface area (Å²) in [6.07, 6.45) is 1.77. The summed E-state index contributed by atoms with van der Waals surface area (Å²) < 4.78 is 13.1. The number of carbonyl (C=O) groups excluding carboxylic acids is 1. The molecular formula is C19H22FN3O. The molecule has 0 bridgehead atoms. The fourth-order valence-corrected chi connectivity index (χ4v) is 3.28. The number of likely N-dealkylation sites (N-methyl/N-ethyl adjacent to an activating group) is 1. The number of aromatic nitrogens is 1. The van der Waals surface area contributed by atoms with Gasteiger partial charge in [-0.25, -0.2) is 9.37 Å². The highest BCUT2D eigenvalue weighted by Gasteiger charge is 2.34. The summed E-state index contributed by atoms with van der Waals surface area (Å²) in [4.78, 5) is 21.2. The van der Waals surface area contributed by atoms with E-state index in [1.165, 1.54) is 12.1 Å². The topological polar surface area (TPSA) is 36.4 Å². The third-order valence-electron chi connectivity index (χ3n) is 4.46. The van der Waals surface area contributed by atoms with Crippen LogP contribution in [0.1, 0.15) is 24.1 Å². The molecule has 0 spiro atoms. The van der Waals surface area contributed by atoms with Gasteiger partial charge in [0.15, 0.2) is 0 Å². The summed E-state index contributed by atoms with van der Waals surface area (Å²) in [7, 11) is 1.74. The lowest BCUT2D eigenvalue weighted by atomic mass is 10.1. The Morgan fingerprint density at radius 2 is 1.96 bits per heavy atom. The third-order valence-corrected chi connectivity index (χ3v) is 4.46. The second kappa shape index (κ2) is 6.59. The van der Waals surface area contributed by atoms with Crippen molar-refractivity contribution in [1.82, 2.24) is 4.98 Å². The summed E-state index contributed by atoms with van der Waals surface area (Å²) >= 11 is 0. The fraction of sp³-hybridized carbons (Fsp3) is 0.368. The zero-order valence-corrected chi connectivity index (χ0v) is 14.3. The van der Waals surface area contributed by atoms with Gasteiger partial charge >= 0.3 is 0 Å². The van der Waals surface area contributed by atoms with Gasteiger partial charge in [-0.2, -0.15) is 0 Å². The van der Waals surface area contributed by atoms with Gasteiger partial charge in [0.2, 0.25) is 5.91 Å². The molecule has 0 saturated carbocycles. The Morgan fingerprint density at radius 1 is 1.25 bits per heavy atom. The van der Waals surface area contributed by atoms with Crippen LogP contribution in [0.25, 0.3) is 0 Å². The van der Waals surface area contributed by atoms with Crippen molar-refractivity contribution in [3.63, 3.8) is 0 Å². The monoisotopic (exact) mass is 327 g/mol. The number of amides is 1. The van der Waals surface area contributed by atoms with Crippen LogP contribution < -0.4 is 9.80 Å². The maximum atomic E-state index is 13.1. The SMILES string of the molecule is Cc1cc(C)nc(N2CCC[C@H]2C(=O)N(C)c2ccc(F)cc2)c1. The lowest BCUT2D eigenvalue weighted by Gasteiger charge is -2.29. The van der Waals surface area contributed by atoms with E-state index in [2.05, 4.69) is 9.88 Å². The lowest BCUT2D eigenvalue weighted by molar-refractivity contribution is -0.119. The molecule has 4 nitrogen and oxygen atoms in total. The Kier molecular flexibility index (Phi) is 4.51. The van der Waals surface area contributed by atoms with Gasteiger partial charge in [0.25, 0.3) is 0 Å². The Morgan fingerprint density at radius 3 is 2.62 bits per heavy atom. The molecule has 1 fully saturated rings. The number of nitrogens with zero attached hydrogens (tertiary/aromatic N) is 3. The van der Waals surface area contributed by atoms with Crippen LogP contribution in [0.5, 0.6) is 0 Å². The van der Waals surface area contributed by atoms with Crippen molar-refractivity contribution in [2.75, 3.05) is 23.4 Å². The van der Waals surface area contributed by atoms with Crippen LogP contribution in [0.2, 0.25) is 0 Å². The molecule has 1 aromatic carbocycles. The van der Waals surface area contributed by atoms with E-state index >= 15 is 0 Å². The second-order valence-electron chi connectivity index (χ2n) is 6.37. The lowest BCUT2D eigenvalue weighted by Crippen LogP contribution is -2.44. The van der Waals surface area contributed by atoms with E-state index in [-0.39, 0.29) is 17.8 Å². The van der Waals surface area contributed by atoms with Crippen LogP contribution in [-0.4, -0.2) is 30.5 Å². The van der Waals surface area contributed by atoms with Crippen molar-refractivity contribution in [1.29, 1.82) is 0 Å². The van der Waals surface area contributed by atoms with Gasteiger partial charge in [-0.05, 0) is 68.7 Å². The normalized spacial score (nSPS) is 17.2. The summed E-state index contributed by atoms with van der Waals surface area (Å²) in [5, 5.41) is 0. The molecule has 126 valence electrons. The minimum absolute atomic E-state index is 0.0140. The Labute approximate surface area is 141 Å². The number of aryl methyl sites for hydroxylation is 2. The first-order chi connectivity index (χ1) is 11.5. The van der Waals surface area contributed by atoms with E-state index in [0.717, 1.165) is 36.5 Å². The van der Waals surface area contributed by atoms with E-state index in [0.29, 0.717) is 5.69 Å². The predicted molar refractivity (Wildman–Crippen MR) is 93.9 cm³/mol. The smallest absolute Gasteiger partial charge is 0.249 e. The second-order valence-corrected chi connectivity index (χ2v) is 6.37. The van der Waals surface area contributed by atoms with E-state index in [9.17, 15) is 9.18 Å². The summed E-state index contributed by atoms with van der Waals surface area (Å²) in [6, 6.07) is 9.82. The maximum Gasteiger partial charge on any atom is 0.249 e. The largest absolute Gasteiger partial charge is 0.345 e. The highest BCUT2D eigenvalue weighted by Crippen LogP contribution is 2.27. The van der Waals surface area contributed by atoms with Crippen LogP contribution in [0.3, 0.4) is 0 Å². The Bertz CT molecular complexity index is 725. The molecule has 1 atom stereocenters. The molecular weight excluding hydrogens is 305 g/mol. The number of hydrogen-bond donors (Lipinski definition) is 0. The highest BCUT2D eigenvalue weighted by molar-refractivity contribution is 5.98. The standard InChI is InChI=1S/C19H22FN3O/c1-13-11-14(2)21-18(12-13)23-10-4-5-17(23)19(24)22(3)16-8-6-15(20)7-9-16/h6-9,11-12,17H,4-5,10H2,1-3H3/t17-/m0/s1. The van der Waals surface area contributed by atoms with E-state index < -0.39 is 0 Å². The molecule has 1 aliphatic heterocycles. The Hall–Kier alpha value is -2.43. The average Bonchev–Trinajstić information content (AvgIpc) is 3.03. The number of hydrogen-bond acceptors (Lipinski definition) is 3. The van der Waals surface area contributed by atoms with E-state index in [1.807, 2.05) is 26.0 Å². The molecule has 2 aromatic rings. The van der Waals surface area contributed by atoms with Gasteiger partial charge in [0.05, 0.1) is 0 Å². The van der Waals surface area contributed by atoms with Crippen LogP contribution >= 0.6 is 0 Å². The zero-order valence-electron chi connectivity index (χ0n) is 14.3. The maximum absolute atomic E-state index is 13.1. The van der Waals surface area contributed by atoms with Gasteiger partial charge < -0.3 is 9.80 Å². The summed E-state index contributed by atoms with van der Waals surface area (Å²) in [5.41, 5.74) is 2.79. The predicted octanol–water partition coefficient (Wildman–Crippen LogP) is 3.47. The molecule has 0 radical (unpaired) electrons. The number of rotatable bonds is 3. The van der Waals surface area contributed by atoms with Gasteiger partial charge in [0.1, 0.15) is 17.7 Å². The first-order valence-corrected chi connectivity index (χ1v) is 8.21. The van der Waals surface area contributed by atoms with E-state index in [4.69, 9.17) is 0 Å². The molecule has 1 aromatic heterocycles. The van der Waals surface area contributed by atoms with Crippen molar-refractivity contribution in [2.45, 2.75) is 32.7 Å². The average molecular weight is 327 g/mol. The van der Waals surface area contributed by atoms with Gasteiger partial charge in [-0.15, -0.1) is 0 Å².